The highest BCUT2D eigenvalue weighted by Gasteiger charge is 2.21. The third-order valence-electron chi connectivity index (χ3n) is 3.89. The summed E-state index contributed by atoms with van der Waals surface area (Å²) in [5.41, 5.74) is 2.32. The molecule has 142 valence electrons. The van der Waals surface area contributed by atoms with E-state index in [2.05, 4.69) is 9.97 Å². The smallest absolute Gasteiger partial charge is 0.376 e. The van der Waals surface area contributed by atoms with Crippen molar-refractivity contribution < 1.29 is 19.1 Å². The Morgan fingerprint density at radius 2 is 1.32 bits per heavy atom. The molecule has 0 unspecified atom stereocenters. The number of esters is 2. The fourth-order valence-corrected chi connectivity index (χ4v) is 2.84. The lowest BCUT2D eigenvalue weighted by atomic mass is 10.2. The van der Waals surface area contributed by atoms with Gasteiger partial charge in [0.05, 0.1) is 0 Å². The van der Waals surface area contributed by atoms with E-state index in [-0.39, 0.29) is 24.7 Å². The highest BCUT2D eigenvalue weighted by Crippen LogP contribution is 2.16. The molecule has 3 aromatic rings. The van der Waals surface area contributed by atoms with Crippen LogP contribution >= 0.6 is 22.6 Å². The molecule has 0 saturated carbocycles. The van der Waals surface area contributed by atoms with Crippen molar-refractivity contribution in [2.24, 2.45) is 0 Å². The van der Waals surface area contributed by atoms with Gasteiger partial charge in [-0.15, -0.1) is 0 Å². The van der Waals surface area contributed by atoms with Gasteiger partial charge in [-0.25, -0.2) is 19.6 Å². The topological polar surface area (TPSA) is 78.4 Å². The van der Waals surface area contributed by atoms with E-state index in [1.807, 2.05) is 83.3 Å². The Hall–Kier alpha value is -2.81. The molecule has 1 aromatic heterocycles. The van der Waals surface area contributed by atoms with Crippen molar-refractivity contribution >= 4 is 34.5 Å². The minimum Gasteiger partial charge on any atom is -0.456 e. The highest BCUT2D eigenvalue weighted by molar-refractivity contribution is 14.1. The minimum atomic E-state index is -0.695. The predicted molar refractivity (Wildman–Crippen MR) is 111 cm³/mol. The normalized spacial score (nSPS) is 10.4. The maximum Gasteiger partial charge on any atom is 0.376 e. The van der Waals surface area contributed by atoms with E-state index < -0.39 is 11.9 Å². The third-order valence-corrected chi connectivity index (χ3v) is 4.94. The van der Waals surface area contributed by atoms with Crippen LogP contribution in [0.2, 0.25) is 0 Å². The lowest BCUT2D eigenvalue weighted by Gasteiger charge is -2.10. The summed E-state index contributed by atoms with van der Waals surface area (Å²) in [6.07, 6.45) is 0. The molecule has 0 aliphatic rings. The van der Waals surface area contributed by atoms with Gasteiger partial charge in [-0.05, 0) is 40.6 Å². The molecule has 0 bridgehead atoms. The fourth-order valence-electron chi connectivity index (χ4n) is 2.36. The van der Waals surface area contributed by atoms with Gasteiger partial charge in [0.25, 0.3) is 0 Å². The van der Waals surface area contributed by atoms with E-state index >= 15 is 0 Å². The van der Waals surface area contributed by atoms with Gasteiger partial charge in [0.2, 0.25) is 5.82 Å². The Balaban J connectivity index is 1.72. The first kappa shape index (κ1) is 19.9. The molecule has 0 radical (unpaired) electrons. The van der Waals surface area contributed by atoms with Crippen LogP contribution in [-0.2, 0) is 22.7 Å². The third kappa shape index (κ3) is 5.13. The summed E-state index contributed by atoms with van der Waals surface area (Å²) in [7, 11) is 0. The standard InChI is InChI=1S/C21H17IN2O4/c1-14-17(20(25)27-12-15-8-4-2-5-9-15)23-19(24-18(14)22)21(26)28-13-16-10-6-3-7-11-16/h2-11H,12-13H2,1H3. The molecule has 1 heterocycles. The number of carbonyl (C=O) groups excluding carboxylic acids is 2. The second-order valence-corrected chi connectivity index (χ2v) is 6.96. The number of rotatable bonds is 6. The molecule has 0 spiro atoms. The zero-order valence-electron chi connectivity index (χ0n) is 15.1. The van der Waals surface area contributed by atoms with E-state index in [9.17, 15) is 9.59 Å². The van der Waals surface area contributed by atoms with Crippen LogP contribution in [0.5, 0.6) is 0 Å². The Morgan fingerprint density at radius 1 is 0.821 bits per heavy atom. The number of hydrogen-bond acceptors (Lipinski definition) is 6. The number of halogens is 1. The lowest BCUT2D eigenvalue weighted by Crippen LogP contribution is -2.18. The quantitative estimate of drug-likeness (QED) is 0.296. The average molecular weight is 488 g/mol. The van der Waals surface area contributed by atoms with Crippen molar-refractivity contribution in [3.8, 4) is 0 Å². The second kappa shape index (κ2) is 9.41. The first-order valence-corrected chi connectivity index (χ1v) is 9.58. The molecule has 0 fully saturated rings. The van der Waals surface area contributed by atoms with Crippen molar-refractivity contribution in [3.05, 3.63) is 92.6 Å². The van der Waals surface area contributed by atoms with Gasteiger partial charge >= 0.3 is 11.9 Å². The van der Waals surface area contributed by atoms with Crippen LogP contribution in [0, 0.1) is 10.6 Å². The van der Waals surface area contributed by atoms with Crippen molar-refractivity contribution in [3.63, 3.8) is 0 Å². The molecule has 3 rings (SSSR count). The van der Waals surface area contributed by atoms with Crippen molar-refractivity contribution in [2.75, 3.05) is 0 Å². The van der Waals surface area contributed by atoms with E-state index in [0.717, 1.165) is 11.1 Å². The van der Waals surface area contributed by atoms with Gasteiger partial charge in [-0.3, -0.25) is 0 Å². The van der Waals surface area contributed by atoms with E-state index in [0.29, 0.717) is 9.26 Å². The molecule has 0 N–H and O–H groups in total. The second-order valence-electron chi connectivity index (χ2n) is 5.94. The number of benzene rings is 2. The fraction of sp³-hybridized carbons (Fsp3) is 0.143. The lowest BCUT2D eigenvalue weighted by molar-refractivity contribution is 0.0449. The zero-order chi connectivity index (χ0) is 19.9. The van der Waals surface area contributed by atoms with Gasteiger partial charge in [-0.1, -0.05) is 60.7 Å². The van der Waals surface area contributed by atoms with Gasteiger partial charge < -0.3 is 9.47 Å². The molecule has 0 saturated heterocycles. The maximum atomic E-state index is 12.5. The van der Waals surface area contributed by atoms with E-state index in [4.69, 9.17) is 9.47 Å². The first-order valence-electron chi connectivity index (χ1n) is 8.51. The maximum absolute atomic E-state index is 12.5. The van der Waals surface area contributed by atoms with Crippen LogP contribution in [0.4, 0.5) is 0 Å². The molecule has 0 aliphatic carbocycles. The van der Waals surface area contributed by atoms with Crippen LogP contribution in [0.25, 0.3) is 0 Å². The summed E-state index contributed by atoms with van der Waals surface area (Å²) in [5.74, 6) is -1.48. The van der Waals surface area contributed by atoms with Gasteiger partial charge in [0.15, 0.2) is 5.69 Å². The number of nitrogens with zero attached hydrogens (tertiary/aromatic N) is 2. The van der Waals surface area contributed by atoms with Gasteiger partial charge in [0.1, 0.15) is 16.9 Å². The van der Waals surface area contributed by atoms with Gasteiger partial charge in [-0.2, -0.15) is 0 Å². The first-order chi connectivity index (χ1) is 13.5. The SMILES string of the molecule is Cc1c(I)nc(C(=O)OCc2ccccc2)nc1C(=O)OCc1ccccc1. The largest absolute Gasteiger partial charge is 0.456 e. The molecular weight excluding hydrogens is 471 g/mol. The number of aromatic nitrogens is 2. The molecule has 6 nitrogen and oxygen atoms in total. The number of hydrogen-bond donors (Lipinski definition) is 0. The molecule has 0 aliphatic heterocycles. The summed E-state index contributed by atoms with van der Waals surface area (Å²) in [6.45, 7) is 1.93. The van der Waals surface area contributed by atoms with Crippen molar-refractivity contribution in [1.82, 2.24) is 9.97 Å². The van der Waals surface area contributed by atoms with Crippen LogP contribution < -0.4 is 0 Å². The van der Waals surface area contributed by atoms with Crippen LogP contribution in [0.3, 0.4) is 0 Å². The molecule has 0 atom stereocenters. The van der Waals surface area contributed by atoms with Crippen molar-refractivity contribution in [1.29, 1.82) is 0 Å². The van der Waals surface area contributed by atoms with Crippen LogP contribution in [-0.4, -0.2) is 21.9 Å². The highest BCUT2D eigenvalue weighted by atomic mass is 127. The summed E-state index contributed by atoms with van der Waals surface area (Å²) in [6, 6.07) is 18.6. The van der Waals surface area contributed by atoms with E-state index in [1.165, 1.54) is 0 Å². The molecule has 28 heavy (non-hydrogen) atoms. The van der Waals surface area contributed by atoms with Crippen LogP contribution in [0.1, 0.15) is 37.8 Å². The molecule has 2 aromatic carbocycles. The Kier molecular flexibility index (Phi) is 6.70. The monoisotopic (exact) mass is 488 g/mol. The predicted octanol–water partition coefficient (Wildman–Crippen LogP) is 4.10. The van der Waals surface area contributed by atoms with Crippen LogP contribution in [0.15, 0.2) is 60.7 Å². The summed E-state index contributed by atoms with van der Waals surface area (Å²) >= 11 is 1.96. The number of ether oxygens (including phenoxy) is 2. The number of carbonyl (C=O) groups is 2. The summed E-state index contributed by atoms with van der Waals surface area (Å²) in [4.78, 5) is 33.0. The van der Waals surface area contributed by atoms with Gasteiger partial charge in [0, 0.05) is 5.56 Å². The summed E-state index contributed by atoms with van der Waals surface area (Å²) in [5, 5.41) is 0. The molecular formula is C21H17IN2O4. The summed E-state index contributed by atoms with van der Waals surface area (Å²) < 4.78 is 11.1. The molecule has 7 heteroatoms. The zero-order valence-corrected chi connectivity index (χ0v) is 17.3. The van der Waals surface area contributed by atoms with E-state index in [1.54, 1.807) is 6.92 Å². The molecule has 0 amide bonds. The minimum absolute atomic E-state index is 0.0574. The Labute approximate surface area is 176 Å². The Morgan fingerprint density at radius 3 is 1.86 bits per heavy atom. The average Bonchev–Trinajstić information content (AvgIpc) is 2.73. The Bertz CT molecular complexity index is 978. The van der Waals surface area contributed by atoms with Crippen molar-refractivity contribution in [2.45, 2.75) is 20.1 Å².